The molecule has 1 aromatic heterocycles. The number of aromatic nitrogens is 2. The third kappa shape index (κ3) is 1.83. The molecule has 0 unspecified atom stereocenters. The lowest BCUT2D eigenvalue weighted by Crippen LogP contribution is -1.96. The Morgan fingerprint density at radius 2 is 1.89 bits per heavy atom. The second kappa shape index (κ2) is 4.35. The average Bonchev–Trinajstić information content (AvgIpc) is 2.85. The molecule has 3 rings (SSSR count). The lowest BCUT2D eigenvalue weighted by atomic mass is 10.1. The molecule has 2 aromatic carbocycles. The van der Waals surface area contributed by atoms with Gasteiger partial charge >= 0.3 is 0 Å². The Hall–Kier alpha value is -2.43. The first kappa shape index (κ1) is 11.6. The standard InChI is InChI=1S/C14H10F2N2O/c1-19-13-8(6-7-9(15)12(13)16)14-17-10-4-2-3-5-11(10)18-14/h2-7H,1H3,(H,17,18). The molecule has 3 aromatic rings. The van der Waals surface area contributed by atoms with Gasteiger partial charge < -0.3 is 9.72 Å². The van der Waals surface area contributed by atoms with Crippen molar-refractivity contribution in [1.82, 2.24) is 9.97 Å². The van der Waals surface area contributed by atoms with Crippen molar-refractivity contribution in [3.8, 4) is 17.1 Å². The highest BCUT2D eigenvalue weighted by atomic mass is 19.2. The van der Waals surface area contributed by atoms with Gasteiger partial charge in [0, 0.05) is 0 Å². The van der Waals surface area contributed by atoms with Gasteiger partial charge in [0.1, 0.15) is 5.82 Å². The number of H-pyrrole nitrogens is 1. The molecule has 5 heteroatoms. The predicted molar refractivity (Wildman–Crippen MR) is 68.0 cm³/mol. The van der Waals surface area contributed by atoms with Crippen molar-refractivity contribution >= 4 is 11.0 Å². The van der Waals surface area contributed by atoms with Crippen molar-refractivity contribution in [3.63, 3.8) is 0 Å². The lowest BCUT2D eigenvalue weighted by Gasteiger charge is -2.07. The summed E-state index contributed by atoms with van der Waals surface area (Å²) in [5.74, 6) is -1.67. The van der Waals surface area contributed by atoms with Crippen LogP contribution in [0, 0.1) is 11.6 Å². The molecule has 1 N–H and O–H groups in total. The molecule has 0 spiro atoms. The number of methoxy groups -OCH3 is 1. The van der Waals surface area contributed by atoms with E-state index in [1.807, 2.05) is 24.3 Å². The Morgan fingerprint density at radius 1 is 1.11 bits per heavy atom. The second-order valence-electron chi connectivity index (χ2n) is 4.04. The van der Waals surface area contributed by atoms with Gasteiger partial charge in [-0.25, -0.2) is 9.37 Å². The molecule has 0 atom stereocenters. The number of ether oxygens (including phenoxy) is 1. The summed E-state index contributed by atoms with van der Waals surface area (Å²) in [5, 5.41) is 0. The highest BCUT2D eigenvalue weighted by Crippen LogP contribution is 2.32. The molecular weight excluding hydrogens is 250 g/mol. The summed E-state index contributed by atoms with van der Waals surface area (Å²) in [7, 11) is 1.30. The Morgan fingerprint density at radius 3 is 2.63 bits per heavy atom. The summed E-state index contributed by atoms with van der Waals surface area (Å²) < 4.78 is 31.8. The number of hydrogen-bond donors (Lipinski definition) is 1. The molecule has 0 fully saturated rings. The fourth-order valence-corrected chi connectivity index (χ4v) is 2.00. The van der Waals surface area contributed by atoms with Crippen LogP contribution in [0.15, 0.2) is 36.4 Å². The van der Waals surface area contributed by atoms with E-state index in [2.05, 4.69) is 9.97 Å². The van der Waals surface area contributed by atoms with E-state index in [0.717, 1.165) is 17.1 Å². The van der Waals surface area contributed by atoms with Gasteiger partial charge in [0.15, 0.2) is 11.6 Å². The van der Waals surface area contributed by atoms with E-state index in [-0.39, 0.29) is 5.75 Å². The SMILES string of the molecule is COc1c(-c2nc3ccccc3[nH]2)ccc(F)c1F. The largest absolute Gasteiger partial charge is 0.493 e. The first-order chi connectivity index (χ1) is 9.20. The van der Waals surface area contributed by atoms with Gasteiger partial charge in [-0.2, -0.15) is 4.39 Å². The summed E-state index contributed by atoms with van der Waals surface area (Å²) >= 11 is 0. The second-order valence-corrected chi connectivity index (χ2v) is 4.04. The normalized spacial score (nSPS) is 10.9. The highest BCUT2D eigenvalue weighted by molar-refractivity contribution is 5.80. The van der Waals surface area contributed by atoms with Crippen molar-refractivity contribution in [2.45, 2.75) is 0 Å². The van der Waals surface area contributed by atoms with Crippen LogP contribution in [0.3, 0.4) is 0 Å². The molecule has 96 valence electrons. The fraction of sp³-hybridized carbons (Fsp3) is 0.0714. The summed E-state index contributed by atoms with van der Waals surface area (Å²) in [5.41, 5.74) is 1.96. The molecule has 3 nitrogen and oxygen atoms in total. The van der Waals surface area contributed by atoms with Crippen LogP contribution in [-0.4, -0.2) is 17.1 Å². The topological polar surface area (TPSA) is 37.9 Å². The molecule has 0 aliphatic carbocycles. The van der Waals surface area contributed by atoms with Gasteiger partial charge in [-0.05, 0) is 24.3 Å². The van der Waals surface area contributed by atoms with Crippen molar-refractivity contribution in [3.05, 3.63) is 48.0 Å². The highest BCUT2D eigenvalue weighted by Gasteiger charge is 2.17. The number of hydrogen-bond acceptors (Lipinski definition) is 2. The van der Waals surface area contributed by atoms with Crippen LogP contribution >= 0.6 is 0 Å². The van der Waals surface area contributed by atoms with Crippen LogP contribution in [-0.2, 0) is 0 Å². The average molecular weight is 260 g/mol. The van der Waals surface area contributed by atoms with Crippen LogP contribution in [0.2, 0.25) is 0 Å². The molecule has 0 aliphatic heterocycles. The minimum absolute atomic E-state index is 0.154. The minimum Gasteiger partial charge on any atom is -0.493 e. The first-order valence-corrected chi connectivity index (χ1v) is 5.68. The number of rotatable bonds is 2. The Bertz CT molecular complexity index is 719. The lowest BCUT2D eigenvalue weighted by molar-refractivity contribution is 0.373. The molecule has 0 bridgehead atoms. The number of fused-ring (bicyclic) bond motifs is 1. The zero-order valence-electron chi connectivity index (χ0n) is 10.1. The van der Waals surface area contributed by atoms with E-state index in [1.165, 1.54) is 13.2 Å². The van der Waals surface area contributed by atoms with E-state index in [9.17, 15) is 8.78 Å². The third-order valence-corrected chi connectivity index (χ3v) is 2.90. The van der Waals surface area contributed by atoms with E-state index < -0.39 is 11.6 Å². The summed E-state index contributed by atoms with van der Waals surface area (Å²) in [6, 6.07) is 9.91. The van der Waals surface area contributed by atoms with Gasteiger partial charge in [-0.15, -0.1) is 0 Å². The van der Waals surface area contributed by atoms with Crippen molar-refractivity contribution in [2.75, 3.05) is 7.11 Å². The Balaban J connectivity index is 2.23. The molecule has 0 radical (unpaired) electrons. The maximum atomic E-state index is 13.7. The summed E-state index contributed by atoms with van der Waals surface area (Å²) in [4.78, 5) is 7.39. The molecule has 0 saturated carbocycles. The van der Waals surface area contributed by atoms with E-state index in [1.54, 1.807) is 0 Å². The number of halogens is 2. The third-order valence-electron chi connectivity index (χ3n) is 2.90. The number of nitrogens with one attached hydrogen (secondary N) is 1. The van der Waals surface area contributed by atoms with Gasteiger partial charge in [0.05, 0.1) is 23.7 Å². The first-order valence-electron chi connectivity index (χ1n) is 5.68. The molecular formula is C14H10F2N2O. The smallest absolute Gasteiger partial charge is 0.201 e. The van der Waals surface area contributed by atoms with Crippen LogP contribution < -0.4 is 4.74 Å². The van der Waals surface area contributed by atoms with Gasteiger partial charge in [-0.1, -0.05) is 12.1 Å². The maximum absolute atomic E-state index is 13.7. The predicted octanol–water partition coefficient (Wildman–Crippen LogP) is 3.52. The summed E-state index contributed by atoms with van der Waals surface area (Å²) in [6.07, 6.45) is 0. The minimum atomic E-state index is -1.01. The number of imidazole rings is 1. The quantitative estimate of drug-likeness (QED) is 0.765. The van der Waals surface area contributed by atoms with E-state index in [0.29, 0.717) is 11.4 Å². The van der Waals surface area contributed by atoms with E-state index >= 15 is 0 Å². The molecule has 19 heavy (non-hydrogen) atoms. The molecule has 0 saturated heterocycles. The molecule has 0 amide bonds. The Labute approximate surface area is 107 Å². The van der Waals surface area contributed by atoms with Crippen LogP contribution in [0.25, 0.3) is 22.4 Å². The van der Waals surface area contributed by atoms with Gasteiger partial charge in [-0.3, -0.25) is 0 Å². The number of aromatic amines is 1. The monoisotopic (exact) mass is 260 g/mol. The van der Waals surface area contributed by atoms with Gasteiger partial charge in [0.25, 0.3) is 0 Å². The zero-order chi connectivity index (χ0) is 13.4. The molecule has 0 aliphatic rings. The fourth-order valence-electron chi connectivity index (χ4n) is 2.00. The number of para-hydroxylation sites is 2. The van der Waals surface area contributed by atoms with Crippen molar-refractivity contribution in [1.29, 1.82) is 0 Å². The van der Waals surface area contributed by atoms with Crippen molar-refractivity contribution < 1.29 is 13.5 Å². The molecule has 1 heterocycles. The number of nitrogens with zero attached hydrogens (tertiary/aromatic N) is 1. The Kier molecular flexibility index (Phi) is 2.67. The zero-order valence-corrected chi connectivity index (χ0v) is 10.1. The van der Waals surface area contributed by atoms with Gasteiger partial charge in [0.2, 0.25) is 5.82 Å². The number of benzene rings is 2. The van der Waals surface area contributed by atoms with Crippen LogP contribution in [0.4, 0.5) is 8.78 Å². The van der Waals surface area contributed by atoms with Crippen LogP contribution in [0.5, 0.6) is 5.75 Å². The van der Waals surface area contributed by atoms with Crippen LogP contribution in [0.1, 0.15) is 0 Å². The maximum Gasteiger partial charge on any atom is 0.201 e. The van der Waals surface area contributed by atoms with Crippen molar-refractivity contribution in [2.24, 2.45) is 0 Å². The summed E-state index contributed by atoms with van der Waals surface area (Å²) in [6.45, 7) is 0. The van der Waals surface area contributed by atoms with E-state index in [4.69, 9.17) is 4.74 Å².